The molecule has 0 saturated carbocycles. The number of carbonyl (C=O) groups is 2. The first-order chi connectivity index (χ1) is 18.1. The number of methoxy groups -OCH3 is 2. The maximum atomic E-state index is 13.2. The Kier molecular flexibility index (Phi) is 8.99. The van der Waals surface area contributed by atoms with Crippen molar-refractivity contribution in [2.24, 2.45) is 0 Å². The van der Waals surface area contributed by atoms with E-state index in [1.165, 1.54) is 0 Å². The van der Waals surface area contributed by atoms with E-state index in [0.717, 1.165) is 49.7 Å². The van der Waals surface area contributed by atoms with Crippen molar-refractivity contribution < 1.29 is 19.1 Å². The number of rotatable bonds is 10. The molecule has 2 amide bonds. The zero-order chi connectivity index (χ0) is 26.0. The Morgan fingerprint density at radius 1 is 0.811 bits per heavy atom. The number of para-hydroxylation sites is 2. The maximum Gasteiger partial charge on any atom is 0.255 e. The Morgan fingerprint density at radius 2 is 1.49 bits per heavy atom. The summed E-state index contributed by atoms with van der Waals surface area (Å²) in [6.45, 7) is 4.17. The minimum atomic E-state index is -0.217. The highest BCUT2D eigenvalue weighted by molar-refractivity contribution is 6.06. The van der Waals surface area contributed by atoms with Gasteiger partial charge in [0, 0.05) is 63.4 Å². The first-order valence-electron chi connectivity index (χ1n) is 12.5. The number of piperazine rings is 1. The Hall–Kier alpha value is -4.04. The molecule has 4 rings (SSSR count). The fourth-order valence-corrected chi connectivity index (χ4v) is 4.46. The van der Waals surface area contributed by atoms with Crippen LogP contribution >= 0.6 is 0 Å². The van der Waals surface area contributed by atoms with Crippen molar-refractivity contribution in [2.75, 3.05) is 68.7 Å². The molecule has 8 heteroatoms. The van der Waals surface area contributed by atoms with Gasteiger partial charge in [0.1, 0.15) is 5.75 Å². The van der Waals surface area contributed by atoms with Crippen LogP contribution in [0.1, 0.15) is 27.1 Å². The quantitative estimate of drug-likeness (QED) is 0.407. The van der Waals surface area contributed by atoms with E-state index in [4.69, 9.17) is 9.47 Å². The summed E-state index contributed by atoms with van der Waals surface area (Å²) in [5.41, 5.74) is 3.59. The highest BCUT2D eigenvalue weighted by Gasteiger charge is 2.24. The van der Waals surface area contributed by atoms with Crippen molar-refractivity contribution >= 4 is 28.9 Å². The van der Waals surface area contributed by atoms with Gasteiger partial charge in [0.2, 0.25) is 0 Å². The van der Waals surface area contributed by atoms with E-state index >= 15 is 0 Å². The molecule has 1 saturated heterocycles. The standard InChI is InChI=1S/C29H34N4O4/c1-36-20-8-15-30-29(35)24-21-23(31-28(34)22-9-4-3-5-10-22)13-14-25(24)32-16-18-33(19-17-32)26-11-6-7-12-27(26)37-2/h3-7,9-14,21H,8,15-20H2,1-2H3,(H,30,35)(H,31,34). The second-order valence-electron chi connectivity index (χ2n) is 8.80. The number of ether oxygens (including phenoxy) is 2. The zero-order valence-corrected chi connectivity index (χ0v) is 21.4. The lowest BCUT2D eigenvalue weighted by Gasteiger charge is -2.38. The molecule has 0 unspecified atom stereocenters. The number of hydrogen-bond donors (Lipinski definition) is 2. The number of anilines is 3. The van der Waals surface area contributed by atoms with E-state index in [0.29, 0.717) is 30.0 Å². The number of nitrogens with zero attached hydrogens (tertiary/aromatic N) is 2. The van der Waals surface area contributed by atoms with Gasteiger partial charge in [0.15, 0.2) is 0 Å². The third-order valence-electron chi connectivity index (χ3n) is 6.39. The van der Waals surface area contributed by atoms with Crippen molar-refractivity contribution in [2.45, 2.75) is 6.42 Å². The summed E-state index contributed by atoms with van der Waals surface area (Å²) in [4.78, 5) is 30.4. The van der Waals surface area contributed by atoms with Crippen molar-refractivity contribution in [3.05, 3.63) is 83.9 Å². The molecule has 0 radical (unpaired) electrons. The minimum absolute atomic E-state index is 0.172. The van der Waals surface area contributed by atoms with Crippen molar-refractivity contribution in [1.82, 2.24) is 5.32 Å². The molecular formula is C29H34N4O4. The Morgan fingerprint density at radius 3 is 2.19 bits per heavy atom. The SMILES string of the molecule is COCCCNC(=O)c1cc(NC(=O)c2ccccc2)ccc1N1CCN(c2ccccc2OC)CC1. The fourth-order valence-electron chi connectivity index (χ4n) is 4.46. The molecule has 0 atom stereocenters. The van der Waals surface area contributed by atoms with E-state index in [1.807, 2.05) is 48.5 Å². The molecule has 0 aromatic heterocycles. The predicted molar refractivity (Wildman–Crippen MR) is 147 cm³/mol. The molecule has 0 spiro atoms. The van der Waals surface area contributed by atoms with Crippen LogP contribution in [0.2, 0.25) is 0 Å². The Labute approximate surface area is 218 Å². The van der Waals surface area contributed by atoms with Crippen LogP contribution in [-0.2, 0) is 4.74 Å². The smallest absolute Gasteiger partial charge is 0.255 e. The second kappa shape index (κ2) is 12.8. The topological polar surface area (TPSA) is 83.1 Å². The minimum Gasteiger partial charge on any atom is -0.495 e. The molecule has 37 heavy (non-hydrogen) atoms. The average Bonchev–Trinajstić information content (AvgIpc) is 2.95. The molecule has 1 heterocycles. The molecule has 8 nitrogen and oxygen atoms in total. The summed E-state index contributed by atoms with van der Waals surface area (Å²) in [6.07, 6.45) is 0.722. The van der Waals surface area contributed by atoms with Gasteiger partial charge in [-0.1, -0.05) is 30.3 Å². The monoisotopic (exact) mass is 502 g/mol. The molecule has 0 bridgehead atoms. The normalized spacial score (nSPS) is 13.2. The average molecular weight is 503 g/mol. The van der Waals surface area contributed by atoms with Gasteiger partial charge in [-0.15, -0.1) is 0 Å². The molecular weight excluding hydrogens is 468 g/mol. The molecule has 1 aliphatic heterocycles. The van der Waals surface area contributed by atoms with Crippen LogP contribution in [0.15, 0.2) is 72.8 Å². The first-order valence-corrected chi connectivity index (χ1v) is 12.5. The molecule has 1 aliphatic rings. The lowest BCUT2D eigenvalue weighted by molar-refractivity contribution is 0.0947. The Bertz CT molecular complexity index is 1190. The molecule has 0 aliphatic carbocycles. The van der Waals surface area contributed by atoms with Gasteiger partial charge in [0.05, 0.1) is 18.4 Å². The van der Waals surface area contributed by atoms with Gasteiger partial charge in [0.25, 0.3) is 11.8 Å². The summed E-state index contributed by atoms with van der Waals surface area (Å²) in [5.74, 6) is 0.463. The van der Waals surface area contributed by atoms with Gasteiger partial charge in [-0.05, 0) is 48.9 Å². The first kappa shape index (κ1) is 26.0. The third-order valence-corrected chi connectivity index (χ3v) is 6.39. The van der Waals surface area contributed by atoms with Crippen LogP contribution in [0.4, 0.5) is 17.1 Å². The fraction of sp³-hybridized carbons (Fsp3) is 0.310. The van der Waals surface area contributed by atoms with E-state index in [1.54, 1.807) is 32.4 Å². The van der Waals surface area contributed by atoms with Crippen LogP contribution in [0, 0.1) is 0 Å². The highest BCUT2D eigenvalue weighted by atomic mass is 16.5. The molecule has 3 aromatic rings. The van der Waals surface area contributed by atoms with Crippen molar-refractivity contribution in [1.29, 1.82) is 0 Å². The van der Waals surface area contributed by atoms with Crippen molar-refractivity contribution in [3.63, 3.8) is 0 Å². The molecule has 2 N–H and O–H groups in total. The number of nitrogens with one attached hydrogen (secondary N) is 2. The van der Waals surface area contributed by atoms with E-state index in [-0.39, 0.29) is 11.8 Å². The number of carbonyl (C=O) groups excluding carboxylic acids is 2. The lowest BCUT2D eigenvalue weighted by atomic mass is 10.1. The lowest BCUT2D eigenvalue weighted by Crippen LogP contribution is -2.47. The second-order valence-corrected chi connectivity index (χ2v) is 8.80. The van der Waals surface area contributed by atoms with E-state index < -0.39 is 0 Å². The summed E-state index contributed by atoms with van der Waals surface area (Å²) in [7, 11) is 3.33. The summed E-state index contributed by atoms with van der Waals surface area (Å²) in [6, 6.07) is 22.6. The summed E-state index contributed by atoms with van der Waals surface area (Å²) in [5, 5.41) is 5.91. The molecule has 194 valence electrons. The van der Waals surface area contributed by atoms with Gasteiger partial charge in [-0.2, -0.15) is 0 Å². The number of hydrogen-bond acceptors (Lipinski definition) is 6. The van der Waals surface area contributed by atoms with Crippen LogP contribution in [-0.4, -0.2) is 65.4 Å². The van der Waals surface area contributed by atoms with Crippen molar-refractivity contribution in [3.8, 4) is 5.75 Å². The van der Waals surface area contributed by atoms with Gasteiger partial charge in [-0.3, -0.25) is 9.59 Å². The number of benzene rings is 3. The predicted octanol–water partition coefficient (Wildman–Crippen LogP) is 4.04. The largest absolute Gasteiger partial charge is 0.495 e. The zero-order valence-electron chi connectivity index (χ0n) is 21.4. The van der Waals surface area contributed by atoms with Gasteiger partial charge >= 0.3 is 0 Å². The van der Waals surface area contributed by atoms with E-state index in [2.05, 4.69) is 26.5 Å². The van der Waals surface area contributed by atoms with E-state index in [9.17, 15) is 9.59 Å². The maximum absolute atomic E-state index is 13.2. The van der Waals surface area contributed by atoms with Gasteiger partial charge < -0.3 is 29.9 Å². The van der Waals surface area contributed by atoms with Gasteiger partial charge in [-0.25, -0.2) is 0 Å². The summed E-state index contributed by atoms with van der Waals surface area (Å²) >= 11 is 0. The highest BCUT2D eigenvalue weighted by Crippen LogP contribution is 2.31. The molecule has 1 fully saturated rings. The van der Waals surface area contributed by atoms with Crippen LogP contribution in [0.3, 0.4) is 0 Å². The Balaban J connectivity index is 1.52. The number of amides is 2. The van der Waals surface area contributed by atoms with Crippen LogP contribution < -0.4 is 25.2 Å². The van der Waals surface area contributed by atoms with Crippen LogP contribution in [0.25, 0.3) is 0 Å². The van der Waals surface area contributed by atoms with Crippen LogP contribution in [0.5, 0.6) is 5.75 Å². The molecule has 3 aromatic carbocycles. The third kappa shape index (κ3) is 6.59. The summed E-state index contributed by atoms with van der Waals surface area (Å²) < 4.78 is 10.6.